The lowest BCUT2D eigenvalue weighted by Crippen LogP contribution is -2.47. The van der Waals surface area contributed by atoms with Gasteiger partial charge in [-0.25, -0.2) is 0 Å². The molecule has 29 heavy (non-hydrogen) atoms. The van der Waals surface area contributed by atoms with E-state index in [2.05, 4.69) is 46.0 Å². The van der Waals surface area contributed by atoms with Crippen LogP contribution in [0.25, 0.3) is 0 Å². The molecule has 0 atom stereocenters. The number of amides is 1. The Morgan fingerprint density at radius 1 is 1.14 bits per heavy atom. The maximum Gasteiger partial charge on any atom is 0.241 e. The Bertz CT molecular complexity index is 741. The van der Waals surface area contributed by atoms with E-state index in [-0.39, 0.29) is 36.4 Å². The van der Waals surface area contributed by atoms with Crippen molar-refractivity contribution >= 4 is 35.8 Å². The summed E-state index contributed by atoms with van der Waals surface area (Å²) in [5.74, 6) is 2.36. The fourth-order valence-corrected chi connectivity index (χ4v) is 3.58. The first-order chi connectivity index (χ1) is 13.7. The number of nitrogens with zero attached hydrogens (tertiary/aromatic N) is 2. The van der Waals surface area contributed by atoms with E-state index in [0.717, 1.165) is 44.5 Å². The summed E-state index contributed by atoms with van der Waals surface area (Å²) in [7, 11) is 1.71. The molecular formula is C22H31IN4O2. The highest BCUT2D eigenvalue weighted by Crippen LogP contribution is 2.21. The molecule has 0 unspecified atom stereocenters. The number of benzene rings is 1. The first-order valence-corrected chi connectivity index (χ1v) is 10.0. The summed E-state index contributed by atoms with van der Waals surface area (Å²) in [6.45, 7) is 2.64. The molecule has 0 saturated carbocycles. The van der Waals surface area contributed by atoms with E-state index in [4.69, 9.17) is 4.42 Å². The summed E-state index contributed by atoms with van der Waals surface area (Å²) in [6.07, 6.45) is 5.68. The Kier molecular flexibility index (Phi) is 10.0. The number of hydrogen-bond acceptors (Lipinski definition) is 3. The van der Waals surface area contributed by atoms with Crippen molar-refractivity contribution in [3.05, 3.63) is 60.1 Å². The number of furan rings is 1. The van der Waals surface area contributed by atoms with Crippen molar-refractivity contribution in [3.8, 4) is 0 Å². The van der Waals surface area contributed by atoms with Crippen LogP contribution in [-0.2, 0) is 17.6 Å². The molecule has 158 valence electrons. The minimum absolute atomic E-state index is 0. The number of piperidine rings is 1. The molecule has 6 nitrogen and oxygen atoms in total. The maximum atomic E-state index is 12.5. The highest BCUT2D eigenvalue weighted by molar-refractivity contribution is 14.0. The van der Waals surface area contributed by atoms with E-state index in [1.807, 2.05) is 17.0 Å². The van der Waals surface area contributed by atoms with Crippen LogP contribution < -0.4 is 10.6 Å². The van der Waals surface area contributed by atoms with Gasteiger partial charge in [0.15, 0.2) is 5.96 Å². The van der Waals surface area contributed by atoms with Crippen molar-refractivity contribution in [1.29, 1.82) is 0 Å². The van der Waals surface area contributed by atoms with Crippen LogP contribution in [0.15, 0.2) is 58.1 Å². The second kappa shape index (κ2) is 12.5. The topological polar surface area (TPSA) is 69.9 Å². The van der Waals surface area contributed by atoms with Crippen molar-refractivity contribution in [3.63, 3.8) is 0 Å². The maximum absolute atomic E-state index is 12.5. The zero-order chi connectivity index (χ0) is 19.6. The Hall–Kier alpha value is -2.03. The van der Waals surface area contributed by atoms with Gasteiger partial charge in [-0.15, -0.1) is 24.0 Å². The number of aliphatic imine (C=N–C) groups is 1. The monoisotopic (exact) mass is 510 g/mol. The summed E-state index contributed by atoms with van der Waals surface area (Å²) in [4.78, 5) is 18.6. The van der Waals surface area contributed by atoms with Crippen LogP contribution in [0.1, 0.15) is 24.2 Å². The summed E-state index contributed by atoms with van der Waals surface area (Å²) in [5.41, 5.74) is 1.39. The molecule has 2 heterocycles. The van der Waals surface area contributed by atoms with Gasteiger partial charge in [-0.05, 0) is 42.9 Å². The van der Waals surface area contributed by atoms with Crippen LogP contribution in [0.4, 0.5) is 0 Å². The predicted octanol–water partition coefficient (Wildman–Crippen LogP) is 3.09. The van der Waals surface area contributed by atoms with Crippen molar-refractivity contribution in [1.82, 2.24) is 15.5 Å². The molecule has 1 amide bonds. The Balaban J connectivity index is 0.00000300. The Labute approximate surface area is 190 Å². The van der Waals surface area contributed by atoms with Crippen LogP contribution in [0.5, 0.6) is 0 Å². The van der Waals surface area contributed by atoms with Crippen LogP contribution in [-0.4, -0.2) is 50.0 Å². The molecule has 2 N–H and O–H groups in total. The van der Waals surface area contributed by atoms with E-state index in [0.29, 0.717) is 18.4 Å². The summed E-state index contributed by atoms with van der Waals surface area (Å²) < 4.78 is 5.31. The van der Waals surface area contributed by atoms with Crippen molar-refractivity contribution in [2.24, 2.45) is 10.9 Å². The molecule has 1 aromatic heterocycles. The van der Waals surface area contributed by atoms with Gasteiger partial charge in [0.2, 0.25) is 5.91 Å². The van der Waals surface area contributed by atoms with E-state index in [1.165, 1.54) is 5.56 Å². The zero-order valence-electron chi connectivity index (χ0n) is 17.0. The van der Waals surface area contributed by atoms with Crippen molar-refractivity contribution in [2.45, 2.75) is 25.7 Å². The van der Waals surface area contributed by atoms with Gasteiger partial charge in [0.1, 0.15) is 5.76 Å². The number of halogens is 1. The third-order valence-corrected chi connectivity index (χ3v) is 5.21. The quantitative estimate of drug-likeness (QED) is 0.342. The summed E-state index contributed by atoms with van der Waals surface area (Å²) in [6, 6.07) is 14.4. The van der Waals surface area contributed by atoms with Crippen molar-refractivity contribution < 1.29 is 9.21 Å². The third-order valence-electron chi connectivity index (χ3n) is 5.21. The molecule has 1 aromatic carbocycles. The molecule has 2 aromatic rings. The molecule has 1 aliphatic heterocycles. The van der Waals surface area contributed by atoms with Gasteiger partial charge < -0.3 is 20.0 Å². The lowest BCUT2D eigenvalue weighted by Gasteiger charge is -2.32. The van der Waals surface area contributed by atoms with Gasteiger partial charge in [-0.1, -0.05) is 30.3 Å². The molecule has 1 aliphatic rings. The highest BCUT2D eigenvalue weighted by atomic mass is 127. The first kappa shape index (κ1) is 23.3. The number of hydrogen-bond donors (Lipinski definition) is 2. The Morgan fingerprint density at radius 3 is 2.55 bits per heavy atom. The zero-order valence-corrected chi connectivity index (χ0v) is 19.3. The first-order valence-electron chi connectivity index (χ1n) is 10.0. The Morgan fingerprint density at radius 2 is 1.90 bits per heavy atom. The molecule has 0 aliphatic carbocycles. The van der Waals surface area contributed by atoms with Gasteiger partial charge in [0.25, 0.3) is 0 Å². The van der Waals surface area contributed by atoms with Gasteiger partial charge in [0, 0.05) is 33.1 Å². The lowest BCUT2D eigenvalue weighted by molar-refractivity contribution is -0.131. The summed E-state index contributed by atoms with van der Waals surface area (Å²) in [5, 5.41) is 6.32. The minimum Gasteiger partial charge on any atom is -0.469 e. The van der Waals surface area contributed by atoms with E-state index in [1.54, 1.807) is 13.3 Å². The van der Waals surface area contributed by atoms with Crippen LogP contribution in [0.2, 0.25) is 0 Å². The third kappa shape index (κ3) is 7.72. The van der Waals surface area contributed by atoms with Gasteiger partial charge >= 0.3 is 0 Å². The van der Waals surface area contributed by atoms with Crippen molar-refractivity contribution in [2.75, 3.05) is 33.2 Å². The van der Waals surface area contributed by atoms with Gasteiger partial charge in [-0.2, -0.15) is 0 Å². The van der Waals surface area contributed by atoms with Crippen LogP contribution in [0.3, 0.4) is 0 Å². The minimum atomic E-state index is 0. The lowest BCUT2D eigenvalue weighted by atomic mass is 9.90. The number of carbonyl (C=O) groups is 1. The molecule has 3 rings (SSSR count). The molecule has 7 heteroatoms. The van der Waals surface area contributed by atoms with Gasteiger partial charge in [0.05, 0.1) is 12.8 Å². The van der Waals surface area contributed by atoms with E-state index in [9.17, 15) is 4.79 Å². The van der Waals surface area contributed by atoms with E-state index >= 15 is 0 Å². The number of nitrogens with one attached hydrogen (secondary N) is 2. The number of likely N-dealkylation sites (tertiary alicyclic amines) is 1. The number of rotatable bonds is 7. The smallest absolute Gasteiger partial charge is 0.241 e. The van der Waals surface area contributed by atoms with E-state index < -0.39 is 0 Å². The number of carbonyl (C=O) groups excluding carboxylic acids is 1. The fraction of sp³-hybridized carbons (Fsp3) is 0.455. The van der Waals surface area contributed by atoms with Crippen LogP contribution in [0, 0.1) is 5.92 Å². The fourth-order valence-electron chi connectivity index (χ4n) is 3.58. The van der Waals surface area contributed by atoms with Gasteiger partial charge in [-0.3, -0.25) is 9.79 Å². The molecular weight excluding hydrogens is 479 g/mol. The molecule has 0 radical (unpaired) electrons. The average Bonchev–Trinajstić information content (AvgIpc) is 3.25. The summed E-state index contributed by atoms with van der Waals surface area (Å²) >= 11 is 0. The second-order valence-corrected chi connectivity index (χ2v) is 7.20. The largest absolute Gasteiger partial charge is 0.469 e. The van der Waals surface area contributed by atoms with Crippen LogP contribution >= 0.6 is 24.0 Å². The highest BCUT2D eigenvalue weighted by Gasteiger charge is 2.22. The average molecular weight is 510 g/mol. The number of guanidine groups is 1. The second-order valence-electron chi connectivity index (χ2n) is 7.20. The molecule has 1 saturated heterocycles. The molecule has 1 fully saturated rings. The molecule has 0 spiro atoms. The standard InChI is InChI=1S/C22H30N4O2.HI/c1-23-22(24-12-9-20-8-5-15-28-20)25-17-21(27)26-13-10-19(11-14-26)16-18-6-3-2-4-7-18;/h2-8,15,19H,9-14,16-17H2,1H3,(H2,23,24,25);1H. The predicted molar refractivity (Wildman–Crippen MR) is 127 cm³/mol. The molecule has 0 bridgehead atoms. The SMILES string of the molecule is CN=C(NCCc1ccco1)NCC(=O)N1CCC(Cc2ccccc2)CC1.I. The normalized spacial score (nSPS) is 14.9.